The Kier molecular flexibility index (Phi) is 7.37. The third kappa shape index (κ3) is 5.15. The van der Waals surface area contributed by atoms with Crippen LogP contribution in [-0.4, -0.2) is 66.7 Å². The third-order valence-corrected chi connectivity index (χ3v) is 6.19. The van der Waals surface area contributed by atoms with Crippen LogP contribution in [0.3, 0.4) is 0 Å². The monoisotopic (exact) mass is 492 g/mol. The summed E-state index contributed by atoms with van der Waals surface area (Å²) in [5.74, 6) is 0.350. The molecule has 2 heterocycles. The van der Waals surface area contributed by atoms with Gasteiger partial charge < -0.3 is 19.3 Å². The summed E-state index contributed by atoms with van der Waals surface area (Å²) in [5, 5.41) is 10.6. The van der Waals surface area contributed by atoms with Crippen molar-refractivity contribution in [3.8, 4) is 23.1 Å². The maximum Gasteiger partial charge on any atom is 0.409 e. The SMILES string of the molecule is CCCOC(=O)N1CCN(C(=O)c2ccc3c(Cl)cc(-c4ccc(OC)c(C#N)c4)nc3c2)CC1. The van der Waals surface area contributed by atoms with E-state index >= 15 is 0 Å². The van der Waals surface area contributed by atoms with Crippen LogP contribution in [0, 0.1) is 11.3 Å². The number of fused-ring (bicyclic) bond motifs is 1. The number of hydrogen-bond acceptors (Lipinski definition) is 6. The van der Waals surface area contributed by atoms with Gasteiger partial charge in [-0.25, -0.2) is 9.78 Å². The van der Waals surface area contributed by atoms with Crippen LogP contribution in [0.25, 0.3) is 22.2 Å². The molecule has 2 amide bonds. The summed E-state index contributed by atoms with van der Waals surface area (Å²) in [5.41, 5.74) is 2.77. The van der Waals surface area contributed by atoms with Crippen LogP contribution in [0.1, 0.15) is 29.3 Å². The van der Waals surface area contributed by atoms with Crippen molar-refractivity contribution in [3.63, 3.8) is 0 Å². The van der Waals surface area contributed by atoms with Crippen LogP contribution in [0.4, 0.5) is 4.79 Å². The van der Waals surface area contributed by atoms with E-state index in [4.69, 9.17) is 26.1 Å². The number of ether oxygens (including phenoxy) is 2. The number of methoxy groups -OCH3 is 1. The predicted octanol–water partition coefficient (Wildman–Crippen LogP) is 4.74. The molecule has 0 atom stereocenters. The fraction of sp³-hybridized carbons (Fsp3) is 0.308. The van der Waals surface area contributed by atoms with Gasteiger partial charge in [-0.1, -0.05) is 24.6 Å². The second kappa shape index (κ2) is 10.6. The van der Waals surface area contributed by atoms with Gasteiger partial charge >= 0.3 is 6.09 Å². The van der Waals surface area contributed by atoms with Gasteiger partial charge in [0.2, 0.25) is 0 Å². The first-order chi connectivity index (χ1) is 16.9. The zero-order valence-corrected chi connectivity index (χ0v) is 20.3. The quantitative estimate of drug-likeness (QED) is 0.510. The number of amides is 2. The molecule has 9 heteroatoms. The lowest BCUT2D eigenvalue weighted by molar-refractivity contribution is 0.0560. The Balaban J connectivity index is 1.56. The summed E-state index contributed by atoms with van der Waals surface area (Å²) in [6.07, 6.45) is 0.429. The average molecular weight is 493 g/mol. The minimum absolute atomic E-state index is 0.131. The number of nitriles is 1. The van der Waals surface area contributed by atoms with Crippen LogP contribution < -0.4 is 4.74 Å². The molecule has 0 N–H and O–H groups in total. The molecule has 1 aliphatic heterocycles. The number of rotatable bonds is 5. The van der Waals surface area contributed by atoms with Gasteiger partial charge in [0.25, 0.3) is 5.91 Å². The number of pyridine rings is 1. The topological polar surface area (TPSA) is 95.8 Å². The van der Waals surface area contributed by atoms with Crippen molar-refractivity contribution in [2.24, 2.45) is 0 Å². The van der Waals surface area contributed by atoms with E-state index in [2.05, 4.69) is 6.07 Å². The summed E-state index contributed by atoms with van der Waals surface area (Å²) in [6.45, 7) is 4.04. The standard InChI is InChI=1S/C26H25ClN4O4/c1-3-12-35-26(33)31-10-8-30(9-11-31)25(32)18-4-6-20-21(27)15-22(29-23(20)14-18)17-5-7-24(34-2)19(13-17)16-28/h4-7,13-15H,3,8-12H2,1-2H3. The smallest absolute Gasteiger partial charge is 0.409 e. The molecule has 180 valence electrons. The van der Waals surface area contributed by atoms with E-state index in [-0.39, 0.29) is 12.0 Å². The number of halogens is 1. The molecule has 3 aromatic rings. The number of benzene rings is 2. The van der Waals surface area contributed by atoms with Gasteiger partial charge in [-0.05, 0) is 42.8 Å². The Labute approximate surface area is 208 Å². The fourth-order valence-corrected chi connectivity index (χ4v) is 4.24. The average Bonchev–Trinajstić information content (AvgIpc) is 2.90. The number of carbonyl (C=O) groups excluding carboxylic acids is 2. The second-order valence-electron chi connectivity index (χ2n) is 8.14. The van der Waals surface area contributed by atoms with Crippen LogP contribution in [0.15, 0.2) is 42.5 Å². The molecule has 1 aromatic heterocycles. The van der Waals surface area contributed by atoms with Gasteiger partial charge in [0.15, 0.2) is 0 Å². The lowest BCUT2D eigenvalue weighted by atomic mass is 10.0. The third-order valence-electron chi connectivity index (χ3n) is 5.88. The lowest BCUT2D eigenvalue weighted by Crippen LogP contribution is -2.50. The lowest BCUT2D eigenvalue weighted by Gasteiger charge is -2.34. The first-order valence-electron chi connectivity index (χ1n) is 11.3. The molecule has 2 aromatic carbocycles. The minimum Gasteiger partial charge on any atom is -0.495 e. The van der Waals surface area contributed by atoms with Crippen molar-refractivity contribution in [2.45, 2.75) is 13.3 Å². The molecule has 0 aliphatic carbocycles. The molecule has 1 fully saturated rings. The largest absolute Gasteiger partial charge is 0.495 e. The number of hydrogen-bond donors (Lipinski definition) is 0. The summed E-state index contributed by atoms with van der Waals surface area (Å²) in [6, 6.07) is 14.3. The van der Waals surface area contributed by atoms with Gasteiger partial charge in [-0.2, -0.15) is 5.26 Å². The molecule has 0 saturated carbocycles. The number of aromatic nitrogens is 1. The van der Waals surface area contributed by atoms with Gasteiger partial charge in [0.05, 0.1) is 35.5 Å². The Hall–Kier alpha value is -3.83. The highest BCUT2D eigenvalue weighted by atomic mass is 35.5. The van der Waals surface area contributed by atoms with Crippen molar-refractivity contribution in [3.05, 3.63) is 58.6 Å². The van der Waals surface area contributed by atoms with E-state index in [9.17, 15) is 14.9 Å². The maximum atomic E-state index is 13.2. The number of nitrogens with zero attached hydrogens (tertiary/aromatic N) is 4. The fourth-order valence-electron chi connectivity index (χ4n) is 3.98. The van der Waals surface area contributed by atoms with Crippen LogP contribution in [0.5, 0.6) is 5.75 Å². The summed E-state index contributed by atoms with van der Waals surface area (Å²) in [7, 11) is 1.51. The van der Waals surface area contributed by atoms with E-state index in [1.807, 2.05) is 13.0 Å². The summed E-state index contributed by atoms with van der Waals surface area (Å²) < 4.78 is 10.4. The molecular weight excluding hydrogens is 468 g/mol. The molecule has 1 saturated heterocycles. The molecule has 0 spiro atoms. The van der Waals surface area contributed by atoms with Crippen molar-refractivity contribution < 1.29 is 19.1 Å². The molecular formula is C26H25ClN4O4. The van der Waals surface area contributed by atoms with Gasteiger partial charge in [-0.3, -0.25) is 4.79 Å². The highest BCUT2D eigenvalue weighted by Gasteiger charge is 2.26. The maximum absolute atomic E-state index is 13.2. The van der Waals surface area contributed by atoms with E-state index in [1.165, 1.54) is 7.11 Å². The van der Waals surface area contributed by atoms with Gasteiger partial charge in [0.1, 0.15) is 11.8 Å². The Morgan fingerprint density at radius 2 is 1.83 bits per heavy atom. The summed E-state index contributed by atoms with van der Waals surface area (Å²) in [4.78, 5) is 33.3. The normalized spacial score (nSPS) is 13.4. The zero-order chi connectivity index (χ0) is 24.9. The van der Waals surface area contributed by atoms with Crippen molar-refractivity contribution in [2.75, 3.05) is 39.9 Å². The van der Waals surface area contributed by atoms with Crippen LogP contribution in [-0.2, 0) is 4.74 Å². The summed E-state index contributed by atoms with van der Waals surface area (Å²) >= 11 is 6.53. The van der Waals surface area contributed by atoms with Gasteiger partial charge in [0, 0.05) is 42.7 Å². The Bertz CT molecular complexity index is 1310. The zero-order valence-electron chi connectivity index (χ0n) is 19.6. The first-order valence-corrected chi connectivity index (χ1v) is 11.7. The number of carbonyl (C=O) groups is 2. The molecule has 0 bridgehead atoms. The predicted molar refractivity (Wildman–Crippen MR) is 133 cm³/mol. The molecule has 35 heavy (non-hydrogen) atoms. The van der Waals surface area contributed by atoms with E-state index in [0.29, 0.717) is 71.5 Å². The van der Waals surface area contributed by atoms with Gasteiger partial charge in [-0.15, -0.1) is 0 Å². The van der Waals surface area contributed by atoms with E-state index in [1.54, 1.807) is 46.2 Å². The Morgan fingerprint density at radius 1 is 1.09 bits per heavy atom. The first kappa shape index (κ1) is 24.3. The number of piperazine rings is 1. The Morgan fingerprint density at radius 3 is 2.51 bits per heavy atom. The van der Waals surface area contributed by atoms with Crippen molar-refractivity contribution in [1.29, 1.82) is 5.26 Å². The minimum atomic E-state index is -0.339. The van der Waals surface area contributed by atoms with Crippen LogP contribution in [0.2, 0.25) is 5.02 Å². The highest BCUT2D eigenvalue weighted by Crippen LogP contribution is 2.31. The van der Waals surface area contributed by atoms with E-state index in [0.717, 1.165) is 11.8 Å². The second-order valence-corrected chi connectivity index (χ2v) is 8.55. The molecule has 0 radical (unpaired) electrons. The van der Waals surface area contributed by atoms with E-state index < -0.39 is 0 Å². The molecule has 8 nitrogen and oxygen atoms in total. The molecule has 1 aliphatic rings. The molecule has 0 unspecified atom stereocenters. The van der Waals surface area contributed by atoms with Crippen LogP contribution >= 0.6 is 11.6 Å². The van der Waals surface area contributed by atoms with Crippen molar-refractivity contribution >= 4 is 34.5 Å². The molecule has 4 rings (SSSR count). The highest BCUT2D eigenvalue weighted by molar-refractivity contribution is 6.35. The van der Waals surface area contributed by atoms with Crippen molar-refractivity contribution in [1.82, 2.24) is 14.8 Å².